The van der Waals surface area contributed by atoms with E-state index in [1.165, 1.54) is 6.07 Å². The predicted molar refractivity (Wildman–Crippen MR) is 95.7 cm³/mol. The maximum absolute atomic E-state index is 12.3. The lowest BCUT2D eigenvalue weighted by molar-refractivity contribution is 0.102. The molecule has 0 fully saturated rings. The second-order valence-corrected chi connectivity index (χ2v) is 5.96. The minimum absolute atomic E-state index is 0.0467. The molecule has 1 N–H and O–H groups in total. The van der Waals surface area contributed by atoms with Gasteiger partial charge in [0.15, 0.2) is 0 Å². The molecule has 3 aromatic rings. The first kappa shape index (κ1) is 16.3. The molecule has 5 nitrogen and oxygen atoms in total. The lowest BCUT2D eigenvalue weighted by atomic mass is 10.1. The summed E-state index contributed by atoms with van der Waals surface area (Å²) in [6.07, 6.45) is 0. The number of amides is 1. The Morgan fingerprint density at radius 1 is 1.17 bits per heavy atom. The maximum Gasteiger partial charge on any atom is 0.349 e. The van der Waals surface area contributed by atoms with E-state index in [0.717, 1.165) is 4.47 Å². The summed E-state index contributed by atoms with van der Waals surface area (Å²) in [6.45, 7) is 2.39. The molecule has 2 aromatic carbocycles. The van der Waals surface area contributed by atoms with E-state index in [2.05, 4.69) is 21.2 Å². The van der Waals surface area contributed by atoms with Gasteiger partial charge in [0, 0.05) is 21.6 Å². The summed E-state index contributed by atoms with van der Waals surface area (Å²) < 4.78 is 11.5. The molecule has 0 saturated heterocycles. The van der Waals surface area contributed by atoms with Crippen molar-refractivity contribution in [2.24, 2.45) is 0 Å². The third-order valence-corrected chi connectivity index (χ3v) is 3.89. The fraction of sp³-hybridized carbons (Fsp3) is 0.111. The lowest BCUT2D eigenvalue weighted by Gasteiger charge is -2.07. The van der Waals surface area contributed by atoms with Crippen molar-refractivity contribution < 1.29 is 13.9 Å². The van der Waals surface area contributed by atoms with E-state index in [9.17, 15) is 9.59 Å². The van der Waals surface area contributed by atoms with Crippen molar-refractivity contribution in [2.75, 3.05) is 11.9 Å². The smallest absolute Gasteiger partial charge is 0.349 e. The van der Waals surface area contributed by atoms with Crippen LogP contribution >= 0.6 is 15.9 Å². The number of carbonyl (C=O) groups is 1. The first-order valence-corrected chi connectivity index (χ1v) is 8.14. The van der Waals surface area contributed by atoms with Crippen molar-refractivity contribution >= 4 is 38.5 Å². The van der Waals surface area contributed by atoms with Gasteiger partial charge in [0.05, 0.1) is 6.61 Å². The third kappa shape index (κ3) is 3.49. The zero-order valence-corrected chi connectivity index (χ0v) is 14.4. The number of hydrogen-bond acceptors (Lipinski definition) is 4. The van der Waals surface area contributed by atoms with Gasteiger partial charge in [0.1, 0.15) is 16.9 Å². The van der Waals surface area contributed by atoms with Crippen molar-refractivity contribution in [3.63, 3.8) is 0 Å². The zero-order valence-electron chi connectivity index (χ0n) is 12.8. The Balaban J connectivity index is 1.92. The highest BCUT2D eigenvalue weighted by Crippen LogP contribution is 2.21. The Morgan fingerprint density at radius 2 is 1.92 bits per heavy atom. The van der Waals surface area contributed by atoms with Gasteiger partial charge in [-0.1, -0.05) is 15.9 Å². The summed E-state index contributed by atoms with van der Waals surface area (Å²) in [7, 11) is 0. The van der Waals surface area contributed by atoms with Gasteiger partial charge in [-0.05, 0) is 49.4 Å². The van der Waals surface area contributed by atoms with E-state index >= 15 is 0 Å². The van der Waals surface area contributed by atoms with Crippen LogP contribution in [0.4, 0.5) is 5.69 Å². The minimum atomic E-state index is -0.689. The Labute approximate surface area is 146 Å². The average Bonchev–Trinajstić information content (AvgIpc) is 2.56. The predicted octanol–water partition coefficient (Wildman–Crippen LogP) is 4.21. The van der Waals surface area contributed by atoms with E-state index in [1.807, 2.05) is 6.92 Å². The first-order chi connectivity index (χ1) is 11.6. The number of carbonyl (C=O) groups excluding carboxylic acids is 1. The van der Waals surface area contributed by atoms with Crippen LogP contribution in [-0.4, -0.2) is 12.5 Å². The molecule has 0 aliphatic carbocycles. The molecule has 0 bridgehead atoms. The fourth-order valence-corrected chi connectivity index (χ4v) is 2.50. The van der Waals surface area contributed by atoms with Gasteiger partial charge in [-0.15, -0.1) is 0 Å². The Bertz CT molecular complexity index is 947. The SMILES string of the molecule is CCOc1ccc2cc(C(=O)Nc3ccc(Br)cc3)c(=O)oc2c1. The highest BCUT2D eigenvalue weighted by atomic mass is 79.9. The summed E-state index contributed by atoms with van der Waals surface area (Å²) in [5.74, 6) is 0.0991. The molecule has 6 heteroatoms. The van der Waals surface area contributed by atoms with E-state index in [1.54, 1.807) is 42.5 Å². The number of anilines is 1. The van der Waals surface area contributed by atoms with Crippen molar-refractivity contribution in [3.05, 3.63) is 69.0 Å². The molecule has 0 spiro atoms. The van der Waals surface area contributed by atoms with Crippen LogP contribution in [-0.2, 0) is 0 Å². The molecule has 0 aliphatic heterocycles. The lowest BCUT2D eigenvalue weighted by Crippen LogP contribution is -2.20. The first-order valence-electron chi connectivity index (χ1n) is 7.34. The standard InChI is InChI=1S/C18H14BrNO4/c1-2-23-14-8-3-11-9-15(18(22)24-16(11)10-14)17(21)20-13-6-4-12(19)5-7-13/h3-10H,2H2,1H3,(H,20,21). The maximum atomic E-state index is 12.3. The number of fused-ring (bicyclic) bond motifs is 1. The van der Waals surface area contributed by atoms with Crippen molar-refractivity contribution in [2.45, 2.75) is 6.92 Å². The molecule has 0 radical (unpaired) electrons. The van der Waals surface area contributed by atoms with Gasteiger partial charge in [-0.3, -0.25) is 4.79 Å². The van der Waals surface area contributed by atoms with E-state index in [4.69, 9.17) is 9.15 Å². The molecule has 0 saturated carbocycles. The highest BCUT2D eigenvalue weighted by molar-refractivity contribution is 9.10. The van der Waals surface area contributed by atoms with Crippen LogP contribution in [0.25, 0.3) is 11.0 Å². The quantitative estimate of drug-likeness (QED) is 0.680. The molecule has 24 heavy (non-hydrogen) atoms. The van der Waals surface area contributed by atoms with Crippen LogP contribution in [0, 0.1) is 0 Å². The third-order valence-electron chi connectivity index (χ3n) is 3.37. The minimum Gasteiger partial charge on any atom is -0.494 e. The molecule has 0 aliphatic rings. The molecular weight excluding hydrogens is 374 g/mol. The van der Waals surface area contributed by atoms with Crippen LogP contribution < -0.4 is 15.7 Å². The van der Waals surface area contributed by atoms with Crippen molar-refractivity contribution in [1.29, 1.82) is 0 Å². The molecule has 1 aromatic heterocycles. The topological polar surface area (TPSA) is 68.5 Å². The Kier molecular flexibility index (Phi) is 4.66. The number of halogens is 1. The van der Waals surface area contributed by atoms with Crippen LogP contribution in [0.3, 0.4) is 0 Å². The number of nitrogens with one attached hydrogen (secondary N) is 1. The second-order valence-electron chi connectivity index (χ2n) is 5.04. The monoisotopic (exact) mass is 387 g/mol. The van der Waals surface area contributed by atoms with Crippen molar-refractivity contribution in [3.8, 4) is 5.75 Å². The van der Waals surface area contributed by atoms with Crippen LogP contribution in [0.1, 0.15) is 17.3 Å². The summed E-state index contributed by atoms with van der Waals surface area (Å²) in [4.78, 5) is 24.4. The van der Waals surface area contributed by atoms with Crippen LogP contribution in [0.5, 0.6) is 5.75 Å². The summed E-state index contributed by atoms with van der Waals surface area (Å²) >= 11 is 3.32. The zero-order chi connectivity index (χ0) is 17.1. The van der Waals surface area contributed by atoms with Gasteiger partial charge in [-0.25, -0.2) is 4.79 Å². The molecular formula is C18H14BrNO4. The number of rotatable bonds is 4. The average molecular weight is 388 g/mol. The number of hydrogen-bond donors (Lipinski definition) is 1. The number of benzene rings is 2. The highest BCUT2D eigenvalue weighted by Gasteiger charge is 2.14. The normalized spacial score (nSPS) is 10.6. The molecule has 0 atom stereocenters. The van der Waals surface area contributed by atoms with E-state index < -0.39 is 11.5 Å². The Morgan fingerprint density at radius 3 is 2.62 bits per heavy atom. The van der Waals surface area contributed by atoms with Gasteiger partial charge in [0.2, 0.25) is 0 Å². The van der Waals surface area contributed by atoms with Crippen LogP contribution in [0.15, 0.2) is 62.2 Å². The largest absolute Gasteiger partial charge is 0.494 e. The fourth-order valence-electron chi connectivity index (χ4n) is 2.24. The molecule has 1 amide bonds. The summed E-state index contributed by atoms with van der Waals surface area (Å²) in [6, 6.07) is 13.7. The second kappa shape index (κ2) is 6.88. The number of ether oxygens (including phenoxy) is 1. The van der Waals surface area contributed by atoms with E-state index in [0.29, 0.717) is 29.0 Å². The van der Waals surface area contributed by atoms with Gasteiger partial charge in [-0.2, -0.15) is 0 Å². The van der Waals surface area contributed by atoms with Gasteiger partial charge >= 0.3 is 5.63 Å². The van der Waals surface area contributed by atoms with Crippen molar-refractivity contribution in [1.82, 2.24) is 0 Å². The van der Waals surface area contributed by atoms with Crippen LogP contribution in [0.2, 0.25) is 0 Å². The molecule has 3 rings (SSSR count). The van der Waals surface area contributed by atoms with E-state index in [-0.39, 0.29) is 5.56 Å². The van der Waals surface area contributed by atoms with Gasteiger partial charge < -0.3 is 14.5 Å². The molecule has 1 heterocycles. The Hall–Kier alpha value is -2.60. The summed E-state index contributed by atoms with van der Waals surface area (Å²) in [5.41, 5.74) is 0.237. The molecule has 0 unspecified atom stereocenters. The molecule has 122 valence electrons. The summed E-state index contributed by atoms with van der Waals surface area (Å²) in [5, 5.41) is 3.33. The van der Waals surface area contributed by atoms with Gasteiger partial charge in [0.25, 0.3) is 5.91 Å².